The third-order valence-electron chi connectivity index (χ3n) is 0.899. The smallest absolute Gasteiger partial charge is 0.0903 e. The van der Waals surface area contributed by atoms with E-state index in [-0.39, 0.29) is 12.1 Å². The molecule has 1 heteroatoms. The molecule has 0 aliphatic carbocycles. The topological polar surface area (TPSA) is 0 Å². The van der Waals surface area contributed by atoms with Crippen LogP contribution in [0.1, 0.15) is 33.6 Å². The predicted molar refractivity (Wildman–Crippen MR) is 42.4 cm³/mol. The van der Waals surface area contributed by atoms with Gasteiger partial charge in [0.05, 0.1) is 6.67 Å². The lowest BCUT2D eigenvalue weighted by Gasteiger charge is -2.06. The minimum atomic E-state index is -0.251. The molecule has 0 nitrogen and oxygen atoms in total. The standard InChI is InChI=1S/C9H15F/c1-9(2,3)7-5-4-6-8-10/h4,6,8H2,1-3H3. The molecule has 0 aromatic carbocycles. The summed E-state index contributed by atoms with van der Waals surface area (Å²) in [6.45, 7) is 5.90. The minimum Gasteiger partial charge on any atom is -0.251 e. The van der Waals surface area contributed by atoms with Crippen molar-refractivity contribution in [3.8, 4) is 11.8 Å². The SMILES string of the molecule is CC(C)(C)C#CCCCF. The fraction of sp³-hybridized carbons (Fsp3) is 0.778. The summed E-state index contributed by atoms with van der Waals surface area (Å²) >= 11 is 0. The van der Waals surface area contributed by atoms with Crippen LogP contribution in [0.2, 0.25) is 0 Å². The van der Waals surface area contributed by atoms with Gasteiger partial charge in [-0.1, -0.05) is 5.92 Å². The van der Waals surface area contributed by atoms with Gasteiger partial charge in [-0.3, -0.25) is 4.39 Å². The Morgan fingerprint density at radius 3 is 2.30 bits per heavy atom. The van der Waals surface area contributed by atoms with Crippen molar-refractivity contribution in [1.29, 1.82) is 0 Å². The van der Waals surface area contributed by atoms with E-state index in [9.17, 15) is 4.39 Å². The van der Waals surface area contributed by atoms with Crippen molar-refractivity contribution in [3.05, 3.63) is 0 Å². The van der Waals surface area contributed by atoms with E-state index >= 15 is 0 Å². The van der Waals surface area contributed by atoms with E-state index in [1.165, 1.54) is 0 Å². The second-order valence-corrected chi connectivity index (χ2v) is 3.34. The first kappa shape index (κ1) is 9.49. The zero-order chi connectivity index (χ0) is 8.04. The van der Waals surface area contributed by atoms with Crippen LogP contribution >= 0.6 is 0 Å². The molecule has 0 saturated heterocycles. The molecule has 0 N–H and O–H groups in total. The molecular weight excluding hydrogens is 127 g/mol. The van der Waals surface area contributed by atoms with Crippen LogP contribution in [0.5, 0.6) is 0 Å². The largest absolute Gasteiger partial charge is 0.251 e. The molecule has 0 unspecified atom stereocenters. The summed E-state index contributed by atoms with van der Waals surface area (Å²) in [5, 5.41) is 0. The summed E-state index contributed by atoms with van der Waals surface area (Å²) in [4.78, 5) is 0. The Kier molecular flexibility index (Phi) is 4.11. The van der Waals surface area contributed by atoms with Crippen molar-refractivity contribution in [2.45, 2.75) is 33.6 Å². The molecule has 58 valence electrons. The number of rotatable bonds is 2. The average Bonchev–Trinajstić information content (AvgIpc) is 1.78. The number of hydrogen-bond donors (Lipinski definition) is 0. The Morgan fingerprint density at radius 2 is 1.90 bits per heavy atom. The van der Waals surface area contributed by atoms with E-state index < -0.39 is 0 Å². The zero-order valence-corrected chi connectivity index (χ0v) is 7.00. The van der Waals surface area contributed by atoms with E-state index in [1.807, 2.05) is 0 Å². The second kappa shape index (κ2) is 4.33. The van der Waals surface area contributed by atoms with Crippen LogP contribution in [0.3, 0.4) is 0 Å². The van der Waals surface area contributed by atoms with Gasteiger partial charge in [0.1, 0.15) is 0 Å². The first-order chi connectivity index (χ1) is 4.56. The van der Waals surface area contributed by atoms with E-state index in [0.29, 0.717) is 12.8 Å². The molecule has 0 aliphatic rings. The highest BCUT2D eigenvalue weighted by molar-refractivity contribution is 5.06. The third kappa shape index (κ3) is 7.49. The van der Waals surface area contributed by atoms with Crippen molar-refractivity contribution >= 4 is 0 Å². The molecule has 0 radical (unpaired) electrons. The van der Waals surface area contributed by atoms with Crippen LogP contribution < -0.4 is 0 Å². The van der Waals surface area contributed by atoms with Crippen molar-refractivity contribution in [2.75, 3.05) is 6.67 Å². The monoisotopic (exact) mass is 142 g/mol. The van der Waals surface area contributed by atoms with E-state index in [4.69, 9.17) is 0 Å². The van der Waals surface area contributed by atoms with Gasteiger partial charge in [-0.25, -0.2) is 0 Å². The van der Waals surface area contributed by atoms with Gasteiger partial charge in [-0.2, -0.15) is 0 Å². The third-order valence-corrected chi connectivity index (χ3v) is 0.899. The molecule has 0 amide bonds. The van der Waals surface area contributed by atoms with Crippen LogP contribution in [0.4, 0.5) is 4.39 Å². The molecule has 0 rings (SSSR count). The van der Waals surface area contributed by atoms with Gasteiger partial charge in [0.25, 0.3) is 0 Å². The van der Waals surface area contributed by atoms with Crippen LogP contribution in [0.15, 0.2) is 0 Å². The van der Waals surface area contributed by atoms with Crippen LogP contribution in [-0.2, 0) is 0 Å². The van der Waals surface area contributed by atoms with Gasteiger partial charge in [0, 0.05) is 11.8 Å². The summed E-state index contributed by atoms with van der Waals surface area (Å²) in [5.74, 6) is 5.98. The molecule has 0 bridgehead atoms. The fourth-order valence-corrected chi connectivity index (χ4v) is 0.483. The van der Waals surface area contributed by atoms with Crippen molar-refractivity contribution < 1.29 is 4.39 Å². The Labute approximate surface area is 62.8 Å². The lowest BCUT2D eigenvalue weighted by atomic mass is 9.98. The molecule has 0 aromatic heterocycles. The molecule has 0 spiro atoms. The van der Waals surface area contributed by atoms with Crippen molar-refractivity contribution in [2.24, 2.45) is 5.41 Å². The fourth-order valence-electron chi connectivity index (χ4n) is 0.483. The molecule has 0 aliphatic heterocycles. The average molecular weight is 142 g/mol. The molecule has 0 atom stereocenters. The number of halogens is 1. The highest BCUT2D eigenvalue weighted by atomic mass is 19.1. The predicted octanol–water partition coefficient (Wildman–Crippen LogP) is 2.79. The van der Waals surface area contributed by atoms with Crippen LogP contribution in [0.25, 0.3) is 0 Å². The molecule has 0 fully saturated rings. The van der Waals surface area contributed by atoms with E-state index in [2.05, 4.69) is 32.6 Å². The highest BCUT2D eigenvalue weighted by Crippen LogP contribution is 2.09. The summed E-state index contributed by atoms with van der Waals surface area (Å²) in [6.07, 6.45) is 1.26. The lowest BCUT2D eigenvalue weighted by Crippen LogP contribution is -1.99. The lowest BCUT2D eigenvalue weighted by molar-refractivity contribution is 0.477. The maximum atomic E-state index is 11.5. The summed E-state index contributed by atoms with van der Waals surface area (Å²) in [5.41, 5.74) is 0.0658. The Hall–Kier alpha value is -0.510. The van der Waals surface area contributed by atoms with Crippen molar-refractivity contribution in [3.63, 3.8) is 0 Å². The normalized spacial score (nSPS) is 10.4. The number of unbranched alkanes of at least 4 members (excludes halogenated alkanes) is 1. The first-order valence-corrected chi connectivity index (χ1v) is 3.62. The minimum absolute atomic E-state index is 0.0658. The molecule has 0 saturated carbocycles. The zero-order valence-electron chi connectivity index (χ0n) is 7.00. The first-order valence-electron chi connectivity index (χ1n) is 3.62. The van der Waals surface area contributed by atoms with Gasteiger partial charge in [0.15, 0.2) is 0 Å². The Bertz CT molecular complexity index is 131. The molecule has 0 aromatic rings. The van der Waals surface area contributed by atoms with Gasteiger partial charge in [-0.05, 0) is 27.2 Å². The molecular formula is C9H15F. The van der Waals surface area contributed by atoms with E-state index in [0.717, 1.165) is 0 Å². The van der Waals surface area contributed by atoms with Crippen LogP contribution in [-0.4, -0.2) is 6.67 Å². The second-order valence-electron chi connectivity index (χ2n) is 3.34. The maximum absolute atomic E-state index is 11.5. The number of alkyl halides is 1. The maximum Gasteiger partial charge on any atom is 0.0903 e. The van der Waals surface area contributed by atoms with Gasteiger partial charge in [-0.15, -0.1) is 5.92 Å². The quantitative estimate of drug-likeness (QED) is 0.411. The summed E-state index contributed by atoms with van der Waals surface area (Å²) in [7, 11) is 0. The van der Waals surface area contributed by atoms with Gasteiger partial charge >= 0.3 is 0 Å². The Morgan fingerprint density at radius 1 is 1.30 bits per heavy atom. The number of hydrogen-bond acceptors (Lipinski definition) is 0. The summed E-state index contributed by atoms with van der Waals surface area (Å²) < 4.78 is 11.5. The molecule has 0 heterocycles. The molecule has 10 heavy (non-hydrogen) atoms. The van der Waals surface area contributed by atoms with Gasteiger partial charge < -0.3 is 0 Å². The Balaban J connectivity index is 3.50. The van der Waals surface area contributed by atoms with Crippen LogP contribution in [0, 0.1) is 17.3 Å². The highest BCUT2D eigenvalue weighted by Gasteiger charge is 2.02. The van der Waals surface area contributed by atoms with Crippen molar-refractivity contribution in [1.82, 2.24) is 0 Å². The van der Waals surface area contributed by atoms with Gasteiger partial charge in [0.2, 0.25) is 0 Å². The van der Waals surface area contributed by atoms with E-state index in [1.54, 1.807) is 0 Å². The summed E-state index contributed by atoms with van der Waals surface area (Å²) in [6, 6.07) is 0.